The first kappa shape index (κ1) is 7.26. The van der Waals surface area contributed by atoms with Gasteiger partial charge in [0.2, 0.25) is 0 Å². The Bertz CT molecular complexity index is 196. The van der Waals surface area contributed by atoms with Gasteiger partial charge >= 0.3 is 72.4 Å². The number of aryl methyl sites for hydroxylation is 2. The molecular weight excluding hydrogens is 297 g/mol. The molecule has 0 radical (unpaired) electrons. The number of hydrogen-bond donors (Lipinski definition) is 0. The molecule has 0 saturated carbocycles. The van der Waals surface area contributed by atoms with Crippen molar-refractivity contribution in [3.8, 4) is 0 Å². The first-order chi connectivity index (χ1) is 4.22. The van der Waals surface area contributed by atoms with Crippen LogP contribution in [0.1, 0.15) is 11.1 Å². The molecule has 0 heterocycles. The summed E-state index contributed by atoms with van der Waals surface area (Å²) in [6.07, 6.45) is 0. The molecule has 1 aromatic rings. The maximum absolute atomic E-state index is 2.19. The summed E-state index contributed by atoms with van der Waals surface area (Å²) in [5.74, 6) is 0. The first-order valence-corrected chi connectivity index (χ1v) is 5.85. The van der Waals surface area contributed by atoms with E-state index >= 15 is 0 Å². The van der Waals surface area contributed by atoms with Crippen LogP contribution in [-0.2, 0) is 26.1 Å². The molecule has 0 spiro atoms. The molecule has 0 amide bonds. The number of hydrogen-bond acceptors (Lipinski definition) is 0. The predicted octanol–water partition coefficient (Wildman–Crippen LogP) is 1.48. The Labute approximate surface area is 72.3 Å². The molecule has 0 aliphatic heterocycles. The van der Waals surface area contributed by atoms with Crippen molar-refractivity contribution < 1.29 is 26.1 Å². The van der Waals surface area contributed by atoms with Crippen LogP contribution in [0.2, 0.25) is 0 Å². The van der Waals surface area contributed by atoms with Crippen molar-refractivity contribution in [1.29, 1.82) is 0 Å². The van der Waals surface area contributed by atoms with Crippen molar-refractivity contribution in [2.75, 3.05) is 0 Å². The van der Waals surface area contributed by atoms with E-state index in [1.807, 2.05) is 0 Å². The van der Waals surface area contributed by atoms with E-state index in [1.165, 1.54) is 11.1 Å². The van der Waals surface area contributed by atoms with Crippen LogP contribution in [0.15, 0.2) is 18.2 Å². The molecule has 0 bridgehead atoms. The maximum atomic E-state index is 2.19. The van der Waals surface area contributed by atoms with E-state index in [4.69, 9.17) is 0 Å². The molecule has 9 heavy (non-hydrogen) atoms. The third-order valence-electron chi connectivity index (χ3n) is 1.64. The Morgan fingerprint density at radius 1 is 1.11 bits per heavy atom. The summed E-state index contributed by atoms with van der Waals surface area (Å²) in [5.41, 5.74) is 2.94. The molecule has 0 aliphatic carbocycles. The third-order valence-corrected chi connectivity index (χ3v) is 5.98. The zero-order valence-electron chi connectivity index (χ0n) is 5.94. The van der Waals surface area contributed by atoms with Crippen LogP contribution >= 0.6 is 0 Å². The second-order valence-electron chi connectivity index (χ2n) is 2.37. The average Bonchev–Trinajstić information content (AvgIpc) is 1.83. The fourth-order valence-corrected chi connectivity index (χ4v) is 1.77. The zero-order chi connectivity index (χ0) is 6.85. The van der Waals surface area contributed by atoms with Gasteiger partial charge < -0.3 is 0 Å². The topological polar surface area (TPSA) is 0 Å². The van der Waals surface area contributed by atoms with Crippen molar-refractivity contribution in [3.05, 3.63) is 29.3 Å². The number of benzene rings is 1. The summed E-state index contributed by atoms with van der Waals surface area (Å²) in [4.78, 5) is 0. The zero-order valence-corrected chi connectivity index (χ0v) is 11.4. The van der Waals surface area contributed by atoms with Gasteiger partial charge in [-0.3, -0.25) is 0 Å². The minimum absolute atomic E-state index is 0.787. The Kier molecular flexibility index (Phi) is 2.28. The molecule has 0 aliphatic rings. The summed E-state index contributed by atoms with van der Waals surface area (Å²) in [6, 6.07) is 6.51. The quantitative estimate of drug-likeness (QED) is 0.637. The summed E-state index contributed by atoms with van der Waals surface area (Å²) in [6.45, 7) is 4.38. The minimum atomic E-state index is 0.787. The Balaban J connectivity index is 3.25. The molecule has 1 aromatic carbocycles. The van der Waals surface area contributed by atoms with Crippen molar-refractivity contribution in [3.63, 3.8) is 0 Å². The molecule has 0 aromatic heterocycles. The molecule has 1 rings (SSSR count). The van der Waals surface area contributed by atoms with Gasteiger partial charge in [-0.15, -0.1) is 0 Å². The van der Waals surface area contributed by atoms with Gasteiger partial charge in [-0.25, -0.2) is 0 Å². The van der Waals surface area contributed by atoms with Gasteiger partial charge in [0.1, 0.15) is 0 Å². The molecule has 1 heteroatoms. The van der Waals surface area contributed by atoms with E-state index in [2.05, 4.69) is 32.0 Å². The van der Waals surface area contributed by atoms with E-state index in [-0.39, 0.29) is 0 Å². The van der Waals surface area contributed by atoms with Crippen LogP contribution in [-0.4, -0.2) is 0 Å². The van der Waals surface area contributed by atoms with Crippen LogP contribution in [0.5, 0.6) is 0 Å². The van der Waals surface area contributed by atoms with Crippen LogP contribution < -0.4 is 3.07 Å². The summed E-state index contributed by atoms with van der Waals surface area (Å²) < 4.78 is 1.61. The Morgan fingerprint density at radius 2 is 1.56 bits per heavy atom. The van der Waals surface area contributed by atoms with Crippen LogP contribution in [0.4, 0.5) is 0 Å². The van der Waals surface area contributed by atoms with E-state index in [9.17, 15) is 0 Å². The van der Waals surface area contributed by atoms with Crippen LogP contribution in [0.3, 0.4) is 0 Å². The molecule has 0 atom stereocenters. The second-order valence-corrected chi connectivity index (χ2v) is 5.12. The predicted molar refractivity (Wildman–Crippen MR) is 35.5 cm³/mol. The van der Waals surface area contributed by atoms with Gasteiger partial charge in [-0.2, -0.15) is 0 Å². The SMILES string of the molecule is Cc1cccc(C)[c]1[Hg]. The Morgan fingerprint density at radius 3 is 1.89 bits per heavy atom. The molecule has 0 unspecified atom stereocenters. The van der Waals surface area contributed by atoms with Gasteiger partial charge in [0, 0.05) is 0 Å². The van der Waals surface area contributed by atoms with Crippen molar-refractivity contribution in [1.82, 2.24) is 0 Å². The first-order valence-electron chi connectivity index (χ1n) is 3.10. The van der Waals surface area contributed by atoms with E-state index in [0.29, 0.717) is 0 Å². The van der Waals surface area contributed by atoms with Gasteiger partial charge in [-0.1, -0.05) is 0 Å². The summed E-state index contributed by atoms with van der Waals surface area (Å²) in [5, 5.41) is 0. The summed E-state index contributed by atoms with van der Waals surface area (Å²) in [7, 11) is 0. The third kappa shape index (κ3) is 1.54. The normalized spacial score (nSPS) is 9.78. The average molecular weight is 306 g/mol. The molecule has 43 valence electrons. The second kappa shape index (κ2) is 2.83. The van der Waals surface area contributed by atoms with Crippen LogP contribution in [0, 0.1) is 13.8 Å². The molecule has 0 N–H and O–H groups in total. The van der Waals surface area contributed by atoms with Crippen molar-refractivity contribution in [2.24, 2.45) is 0 Å². The monoisotopic (exact) mass is 307 g/mol. The van der Waals surface area contributed by atoms with Gasteiger partial charge in [-0.05, 0) is 0 Å². The van der Waals surface area contributed by atoms with Crippen LogP contribution in [0.25, 0.3) is 0 Å². The van der Waals surface area contributed by atoms with E-state index < -0.39 is 0 Å². The van der Waals surface area contributed by atoms with Gasteiger partial charge in [0.25, 0.3) is 0 Å². The molecule has 0 nitrogen and oxygen atoms in total. The standard InChI is InChI=1S/C8H9.Hg/c1-7-4-3-5-8(2)6-7;/h3-5H,1-2H3;. The van der Waals surface area contributed by atoms with Gasteiger partial charge in [0.15, 0.2) is 0 Å². The van der Waals surface area contributed by atoms with Gasteiger partial charge in [0.05, 0.1) is 0 Å². The fourth-order valence-electron chi connectivity index (χ4n) is 0.849. The molecule has 0 saturated heterocycles. The van der Waals surface area contributed by atoms with Crippen molar-refractivity contribution >= 4 is 3.07 Å². The Hall–Kier alpha value is 0.155. The molecule has 0 fully saturated rings. The van der Waals surface area contributed by atoms with Crippen molar-refractivity contribution in [2.45, 2.75) is 13.8 Å². The summed E-state index contributed by atoms with van der Waals surface area (Å²) >= 11 is 0.787. The van der Waals surface area contributed by atoms with E-state index in [1.54, 1.807) is 3.07 Å². The fraction of sp³-hybridized carbons (Fsp3) is 0.250. The number of rotatable bonds is 0. The van der Waals surface area contributed by atoms with E-state index in [0.717, 1.165) is 26.1 Å². The molecular formula is C8H9Hg.